The second kappa shape index (κ2) is 4.43. The molecule has 0 aliphatic rings. The molecule has 0 aliphatic carbocycles. The van der Waals surface area contributed by atoms with Crippen molar-refractivity contribution in [1.82, 2.24) is 5.32 Å². The van der Waals surface area contributed by atoms with Crippen LogP contribution in [-0.2, 0) is 0 Å². The van der Waals surface area contributed by atoms with E-state index in [9.17, 15) is 0 Å². The quantitative estimate of drug-likeness (QED) is 0.752. The van der Waals surface area contributed by atoms with Gasteiger partial charge >= 0.3 is 0 Å². The van der Waals surface area contributed by atoms with Gasteiger partial charge in [-0.25, -0.2) is 0 Å². The summed E-state index contributed by atoms with van der Waals surface area (Å²) in [6, 6.07) is 7.97. The molecule has 1 nitrogen and oxygen atoms in total. The first-order chi connectivity index (χ1) is 5.74. The van der Waals surface area contributed by atoms with Crippen LogP contribution in [0.1, 0.15) is 18.5 Å². The minimum atomic E-state index is 0.250. The molecule has 0 heterocycles. The Balaban J connectivity index is 2.74. The van der Waals surface area contributed by atoms with Crippen molar-refractivity contribution >= 4 is 29.3 Å². The summed E-state index contributed by atoms with van der Waals surface area (Å²) in [6.07, 6.45) is 0. The second-order valence-electron chi connectivity index (χ2n) is 2.56. The van der Waals surface area contributed by atoms with Crippen LogP contribution in [0, 0.1) is 0 Å². The average molecular weight is 200 g/mol. The van der Waals surface area contributed by atoms with E-state index in [1.165, 1.54) is 11.1 Å². The lowest BCUT2D eigenvalue weighted by Crippen LogP contribution is -2.14. The van der Waals surface area contributed by atoms with E-state index in [4.69, 9.17) is 23.8 Å². The molecule has 1 N–H and O–H groups in total. The summed E-state index contributed by atoms with van der Waals surface area (Å²) >= 11 is 10.4. The first-order valence-corrected chi connectivity index (χ1v) is 4.54. The van der Waals surface area contributed by atoms with E-state index in [1.54, 1.807) is 0 Å². The van der Waals surface area contributed by atoms with Crippen molar-refractivity contribution in [3.63, 3.8) is 0 Å². The fourth-order valence-corrected chi connectivity index (χ4v) is 1.28. The van der Waals surface area contributed by atoms with Crippen molar-refractivity contribution < 1.29 is 0 Å². The van der Waals surface area contributed by atoms with Crippen LogP contribution in [0.25, 0.3) is 0 Å². The predicted octanol–water partition coefficient (Wildman–Crippen LogP) is 2.95. The predicted molar refractivity (Wildman–Crippen MR) is 56.7 cm³/mol. The SMILES string of the molecule is CC(NC=S)c1ccc(Cl)cc1. The fraction of sp³-hybridized carbons (Fsp3) is 0.222. The summed E-state index contributed by atoms with van der Waals surface area (Å²) < 4.78 is 0. The maximum Gasteiger partial charge on any atom is 0.0619 e. The third kappa shape index (κ3) is 2.47. The molecule has 12 heavy (non-hydrogen) atoms. The third-order valence-electron chi connectivity index (χ3n) is 1.69. The van der Waals surface area contributed by atoms with Gasteiger partial charge < -0.3 is 5.32 Å². The van der Waals surface area contributed by atoms with Gasteiger partial charge in [-0.1, -0.05) is 36.0 Å². The van der Waals surface area contributed by atoms with Crippen molar-refractivity contribution in [2.24, 2.45) is 0 Å². The second-order valence-corrected chi connectivity index (χ2v) is 3.23. The molecule has 1 aromatic rings. The van der Waals surface area contributed by atoms with Gasteiger partial charge in [-0.05, 0) is 24.6 Å². The number of nitrogens with one attached hydrogen (secondary N) is 1. The molecule has 0 bridgehead atoms. The Kier molecular flexibility index (Phi) is 3.50. The Bertz CT molecular complexity index is 258. The minimum absolute atomic E-state index is 0.250. The summed E-state index contributed by atoms with van der Waals surface area (Å²) in [5, 5.41) is 3.79. The van der Waals surface area contributed by atoms with Gasteiger partial charge in [0.2, 0.25) is 0 Å². The van der Waals surface area contributed by atoms with Crippen molar-refractivity contribution in [2.45, 2.75) is 13.0 Å². The first kappa shape index (κ1) is 9.49. The minimum Gasteiger partial charge on any atom is -0.376 e. The van der Waals surface area contributed by atoms with Crippen LogP contribution in [0.2, 0.25) is 5.02 Å². The number of benzene rings is 1. The molecule has 1 rings (SSSR count). The summed E-state index contributed by atoms with van der Waals surface area (Å²) in [6.45, 7) is 2.05. The van der Waals surface area contributed by atoms with E-state index in [0.29, 0.717) is 0 Å². The van der Waals surface area contributed by atoms with E-state index in [-0.39, 0.29) is 6.04 Å². The van der Waals surface area contributed by atoms with Gasteiger partial charge in [-0.15, -0.1) is 0 Å². The van der Waals surface area contributed by atoms with Crippen molar-refractivity contribution in [3.8, 4) is 0 Å². The number of rotatable bonds is 3. The largest absolute Gasteiger partial charge is 0.376 e. The lowest BCUT2D eigenvalue weighted by molar-refractivity contribution is 0.733. The van der Waals surface area contributed by atoms with Crippen LogP contribution in [-0.4, -0.2) is 5.49 Å². The zero-order valence-electron chi connectivity index (χ0n) is 6.75. The van der Waals surface area contributed by atoms with Crippen molar-refractivity contribution in [3.05, 3.63) is 34.9 Å². The summed E-state index contributed by atoms with van der Waals surface area (Å²) in [4.78, 5) is 0. The smallest absolute Gasteiger partial charge is 0.0619 e. The topological polar surface area (TPSA) is 12.0 Å². The maximum atomic E-state index is 5.74. The van der Waals surface area contributed by atoms with E-state index in [0.717, 1.165) is 5.02 Å². The Morgan fingerprint density at radius 1 is 1.42 bits per heavy atom. The number of halogens is 1. The standard InChI is InChI=1S/C9H10ClNS/c1-7(11-6-12)8-2-4-9(10)5-3-8/h2-7H,1H3,(H,11,12). The normalized spacial score (nSPS) is 12.2. The third-order valence-corrected chi connectivity index (χ3v) is 2.08. The zero-order valence-corrected chi connectivity index (χ0v) is 8.32. The molecule has 0 fully saturated rings. The van der Waals surface area contributed by atoms with Gasteiger partial charge in [-0.2, -0.15) is 0 Å². The van der Waals surface area contributed by atoms with Crippen LogP contribution in [0.15, 0.2) is 24.3 Å². The first-order valence-electron chi connectivity index (χ1n) is 3.69. The zero-order chi connectivity index (χ0) is 8.97. The van der Waals surface area contributed by atoms with Crippen molar-refractivity contribution in [1.29, 1.82) is 0 Å². The van der Waals surface area contributed by atoms with E-state index < -0.39 is 0 Å². The molecule has 0 saturated carbocycles. The van der Waals surface area contributed by atoms with Crippen LogP contribution >= 0.6 is 23.8 Å². The Morgan fingerprint density at radius 3 is 2.50 bits per heavy atom. The highest BCUT2D eigenvalue weighted by Crippen LogP contribution is 2.15. The van der Waals surface area contributed by atoms with Gasteiger partial charge in [0.15, 0.2) is 0 Å². The molecule has 1 unspecified atom stereocenters. The lowest BCUT2D eigenvalue weighted by Gasteiger charge is -2.10. The van der Waals surface area contributed by atoms with Crippen LogP contribution < -0.4 is 5.32 Å². The molecule has 3 heteroatoms. The van der Waals surface area contributed by atoms with Crippen molar-refractivity contribution in [2.75, 3.05) is 0 Å². The molecule has 0 aromatic heterocycles. The molecule has 0 spiro atoms. The van der Waals surface area contributed by atoms with Crippen LogP contribution in [0.3, 0.4) is 0 Å². The molecule has 0 saturated heterocycles. The molecule has 0 aliphatic heterocycles. The molecular weight excluding hydrogens is 190 g/mol. The molecule has 1 atom stereocenters. The highest BCUT2D eigenvalue weighted by Gasteiger charge is 2.00. The molecule has 64 valence electrons. The van der Waals surface area contributed by atoms with Gasteiger partial charge in [0.25, 0.3) is 0 Å². The van der Waals surface area contributed by atoms with Gasteiger partial charge in [-0.3, -0.25) is 0 Å². The molecule has 0 radical (unpaired) electrons. The van der Waals surface area contributed by atoms with E-state index in [2.05, 4.69) is 5.32 Å². The molecule has 0 amide bonds. The highest BCUT2D eigenvalue weighted by molar-refractivity contribution is 7.78. The maximum absolute atomic E-state index is 5.74. The monoisotopic (exact) mass is 199 g/mol. The van der Waals surface area contributed by atoms with Gasteiger partial charge in [0.05, 0.1) is 5.49 Å². The van der Waals surface area contributed by atoms with E-state index in [1.807, 2.05) is 31.2 Å². The van der Waals surface area contributed by atoms with Crippen LogP contribution in [0.4, 0.5) is 0 Å². The molecular formula is C9H10ClNS. The summed E-state index contributed by atoms with van der Waals surface area (Å²) in [5.74, 6) is 0. The summed E-state index contributed by atoms with van der Waals surface area (Å²) in [5.41, 5.74) is 2.71. The average Bonchev–Trinajstić information content (AvgIpc) is 2.06. The van der Waals surface area contributed by atoms with Gasteiger partial charge in [0, 0.05) is 11.1 Å². The number of thiocarbonyl (C=S) groups is 1. The Hall–Kier alpha value is -0.600. The fourth-order valence-electron chi connectivity index (χ4n) is 0.950. The molecule has 1 aromatic carbocycles. The Morgan fingerprint density at radius 2 is 2.00 bits per heavy atom. The van der Waals surface area contributed by atoms with Crippen LogP contribution in [0.5, 0.6) is 0 Å². The highest BCUT2D eigenvalue weighted by atomic mass is 35.5. The summed E-state index contributed by atoms with van der Waals surface area (Å²) in [7, 11) is 0. The number of hydrogen-bond donors (Lipinski definition) is 1. The van der Waals surface area contributed by atoms with E-state index >= 15 is 0 Å². The number of hydrogen-bond acceptors (Lipinski definition) is 1. The van der Waals surface area contributed by atoms with Gasteiger partial charge in [0.1, 0.15) is 0 Å². The lowest BCUT2D eigenvalue weighted by atomic mass is 10.1. The Labute approximate surface area is 82.7 Å².